The molecule has 0 aliphatic carbocycles. The van der Waals surface area contributed by atoms with Gasteiger partial charge < -0.3 is 20.0 Å². The highest BCUT2D eigenvalue weighted by molar-refractivity contribution is 5.80. The average Bonchev–Trinajstić information content (AvgIpc) is 3.24. The van der Waals surface area contributed by atoms with Crippen molar-refractivity contribution in [2.75, 3.05) is 62.2 Å². The minimum absolute atomic E-state index is 0.763. The molecule has 1 amide bonds. The largest absolute Gasteiger partial charge is 0.369 e. The average molecular weight is 390 g/mol. The Bertz CT molecular complexity index is 984. The Morgan fingerprint density at radius 1 is 0.862 bits per heavy atom. The Labute approximate surface area is 170 Å². The van der Waals surface area contributed by atoms with Crippen molar-refractivity contribution >= 4 is 23.3 Å². The summed E-state index contributed by atoms with van der Waals surface area (Å²) in [6.45, 7) is 7.42. The molecule has 7 heteroatoms. The second-order valence-corrected chi connectivity index (χ2v) is 7.69. The van der Waals surface area contributed by atoms with Crippen LogP contribution < -0.4 is 15.1 Å². The fourth-order valence-corrected chi connectivity index (χ4v) is 4.28. The Morgan fingerprint density at radius 3 is 2.34 bits per heavy atom. The number of rotatable bonds is 4. The molecule has 0 saturated carbocycles. The van der Waals surface area contributed by atoms with E-state index < -0.39 is 0 Å². The fraction of sp³-hybridized carbons (Fsp3) is 0.364. The monoisotopic (exact) mass is 390 g/mol. The molecule has 2 fully saturated rings. The van der Waals surface area contributed by atoms with Gasteiger partial charge in [0, 0.05) is 76.0 Å². The van der Waals surface area contributed by atoms with Crippen LogP contribution in [-0.2, 0) is 4.79 Å². The first-order chi connectivity index (χ1) is 14.3. The van der Waals surface area contributed by atoms with E-state index in [1.165, 1.54) is 22.5 Å². The maximum absolute atomic E-state index is 11.0. The van der Waals surface area contributed by atoms with E-state index in [2.05, 4.69) is 62.8 Å². The molecule has 0 spiro atoms. The number of nitrogens with one attached hydrogen (secondary N) is 1. The van der Waals surface area contributed by atoms with Crippen LogP contribution in [0.2, 0.25) is 0 Å². The molecule has 2 aliphatic rings. The first-order valence-electron chi connectivity index (χ1n) is 10.3. The number of carbonyl (C=O) groups is 1. The van der Waals surface area contributed by atoms with E-state index in [0.717, 1.165) is 64.3 Å². The zero-order valence-electron chi connectivity index (χ0n) is 16.5. The highest BCUT2D eigenvalue weighted by Gasteiger charge is 2.19. The predicted octanol–water partition coefficient (Wildman–Crippen LogP) is 1.69. The number of aromatic nitrogens is 2. The molecule has 1 aromatic carbocycles. The lowest BCUT2D eigenvalue weighted by atomic mass is 10.1. The summed E-state index contributed by atoms with van der Waals surface area (Å²) in [5.74, 6) is 0. The lowest BCUT2D eigenvalue weighted by Gasteiger charge is -2.34. The Morgan fingerprint density at radius 2 is 1.62 bits per heavy atom. The zero-order valence-corrected chi connectivity index (χ0v) is 16.5. The number of piperazine rings is 2. The predicted molar refractivity (Wildman–Crippen MR) is 116 cm³/mol. The summed E-state index contributed by atoms with van der Waals surface area (Å²) in [5.41, 5.74) is 5.93. The van der Waals surface area contributed by atoms with Crippen LogP contribution in [-0.4, -0.2) is 73.3 Å². The van der Waals surface area contributed by atoms with Crippen LogP contribution in [0.4, 0.5) is 11.4 Å². The molecule has 7 nitrogen and oxygen atoms in total. The van der Waals surface area contributed by atoms with Gasteiger partial charge >= 0.3 is 0 Å². The van der Waals surface area contributed by atoms with Crippen molar-refractivity contribution in [3.05, 3.63) is 48.8 Å². The normalized spacial score (nSPS) is 17.7. The van der Waals surface area contributed by atoms with E-state index in [4.69, 9.17) is 0 Å². The van der Waals surface area contributed by atoms with Gasteiger partial charge in [0.1, 0.15) is 0 Å². The molecule has 2 saturated heterocycles. The number of benzene rings is 1. The van der Waals surface area contributed by atoms with Gasteiger partial charge in [-0.15, -0.1) is 0 Å². The van der Waals surface area contributed by atoms with Gasteiger partial charge in [0.15, 0.2) is 0 Å². The molecule has 1 N–H and O–H groups in total. The third-order valence-electron chi connectivity index (χ3n) is 5.97. The van der Waals surface area contributed by atoms with E-state index in [1.807, 2.05) is 15.6 Å². The van der Waals surface area contributed by atoms with Crippen LogP contribution >= 0.6 is 0 Å². The van der Waals surface area contributed by atoms with Gasteiger partial charge in [0.25, 0.3) is 0 Å². The van der Waals surface area contributed by atoms with E-state index in [0.29, 0.717) is 0 Å². The molecular formula is C22H26N6O. The lowest BCUT2D eigenvalue weighted by molar-refractivity contribution is -0.118. The molecule has 0 bridgehead atoms. The molecule has 2 aliphatic heterocycles. The highest BCUT2D eigenvalue weighted by Crippen LogP contribution is 2.30. The van der Waals surface area contributed by atoms with Gasteiger partial charge in [0.2, 0.25) is 6.41 Å². The number of fused-ring (bicyclic) bond motifs is 1. The highest BCUT2D eigenvalue weighted by atomic mass is 16.1. The second-order valence-electron chi connectivity index (χ2n) is 7.69. The Balaban J connectivity index is 1.41. The van der Waals surface area contributed by atoms with Crippen LogP contribution in [0.15, 0.2) is 48.8 Å². The van der Waals surface area contributed by atoms with Crippen LogP contribution in [0.3, 0.4) is 0 Å². The maximum atomic E-state index is 11.0. The first-order valence-corrected chi connectivity index (χ1v) is 10.3. The summed E-state index contributed by atoms with van der Waals surface area (Å²) in [7, 11) is 0. The van der Waals surface area contributed by atoms with Crippen molar-refractivity contribution in [3.8, 4) is 11.1 Å². The topological polar surface area (TPSA) is 56.1 Å². The van der Waals surface area contributed by atoms with E-state index in [1.54, 1.807) is 0 Å². The quantitative estimate of drug-likeness (QED) is 0.687. The van der Waals surface area contributed by atoms with E-state index >= 15 is 0 Å². The molecule has 2 aromatic heterocycles. The SMILES string of the molecule is O=CN1CCN(c2ccnn3cc(-c4ccc(N5CCNCC5)cc4)cc23)CC1. The third kappa shape index (κ3) is 3.53. The number of amides is 1. The lowest BCUT2D eigenvalue weighted by Crippen LogP contribution is -2.45. The second kappa shape index (κ2) is 7.75. The van der Waals surface area contributed by atoms with Crippen LogP contribution in [0.25, 0.3) is 16.6 Å². The molecular weight excluding hydrogens is 364 g/mol. The van der Waals surface area contributed by atoms with Crippen molar-refractivity contribution in [1.29, 1.82) is 0 Å². The van der Waals surface area contributed by atoms with Gasteiger partial charge in [-0.2, -0.15) is 5.10 Å². The number of hydrogen-bond donors (Lipinski definition) is 1. The summed E-state index contributed by atoms with van der Waals surface area (Å²) < 4.78 is 1.96. The third-order valence-corrected chi connectivity index (χ3v) is 5.97. The van der Waals surface area contributed by atoms with Crippen molar-refractivity contribution in [2.45, 2.75) is 0 Å². The maximum Gasteiger partial charge on any atom is 0.209 e. The summed E-state index contributed by atoms with van der Waals surface area (Å²) in [5, 5.41) is 7.91. The number of anilines is 2. The Kier molecular flexibility index (Phi) is 4.81. The molecule has 0 unspecified atom stereocenters. The summed E-state index contributed by atoms with van der Waals surface area (Å²) >= 11 is 0. The summed E-state index contributed by atoms with van der Waals surface area (Å²) in [4.78, 5) is 17.6. The standard InChI is InChI=1S/C22H26N6O/c29-17-25-11-13-27(14-12-25)21-5-6-24-28-16-19(15-22(21)28)18-1-3-20(4-2-18)26-9-7-23-8-10-26/h1-6,15-17,23H,7-14H2. The van der Waals surface area contributed by atoms with Gasteiger partial charge in [-0.25, -0.2) is 4.52 Å². The molecule has 3 aromatic rings. The minimum atomic E-state index is 0.763. The summed E-state index contributed by atoms with van der Waals surface area (Å²) in [6.07, 6.45) is 4.89. The number of carbonyl (C=O) groups excluding carboxylic acids is 1. The zero-order chi connectivity index (χ0) is 19.6. The smallest absolute Gasteiger partial charge is 0.209 e. The number of hydrogen-bond acceptors (Lipinski definition) is 5. The molecule has 29 heavy (non-hydrogen) atoms. The summed E-state index contributed by atoms with van der Waals surface area (Å²) in [6, 6.07) is 13.1. The molecule has 5 rings (SSSR count). The van der Waals surface area contributed by atoms with Gasteiger partial charge in [-0.1, -0.05) is 12.1 Å². The van der Waals surface area contributed by atoms with Crippen LogP contribution in [0.5, 0.6) is 0 Å². The van der Waals surface area contributed by atoms with E-state index in [9.17, 15) is 4.79 Å². The minimum Gasteiger partial charge on any atom is -0.369 e. The number of nitrogens with zero attached hydrogens (tertiary/aromatic N) is 5. The molecule has 0 radical (unpaired) electrons. The van der Waals surface area contributed by atoms with Crippen molar-refractivity contribution in [3.63, 3.8) is 0 Å². The van der Waals surface area contributed by atoms with Gasteiger partial charge in [-0.3, -0.25) is 4.79 Å². The van der Waals surface area contributed by atoms with Crippen LogP contribution in [0, 0.1) is 0 Å². The van der Waals surface area contributed by atoms with Gasteiger partial charge in [-0.05, 0) is 29.8 Å². The molecule has 4 heterocycles. The Hall–Kier alpha value is -3.06. The molecule has 150 valence electrons. The van der Waals surface area contributed by atoms with E-state index in [-0.39, 0.29) is 0 Å². The fourth-order valence-electron chi connectivity index (χ4n) is 4.28. The molecule has 0 atom stereocenters. The van der Waals surface area contributed by atoms with Crippen molar-refractivity contribution in [2.24, 2.45) is 0 Å². The first kappa shape index (κ1) is 18.0. The van der Waals surface area contributed by atoms with Gasteiger partial charge in [0.05, 0.1) is 11.2 Å². The van der Waals surface area contributed by atoms with Crippen LogP contribution in [0.1, 0.15) is 0 Å². The van der Waals surface area contributed by atoms with Crippen molar-refractivity contribution < 1.29 is 4.79 Å². The van der Waals surface area contributed by atoms with Crippen molar-refractivity contribution in [1.82, 2.24) is 19.8 Å².